The molecule has 0 aliphatic carbocycles. The predicted molar refractivity (Wildman–Crippen MR) is 394 cm³/mol. The lowest BCUT2D eigenvalue weighted by molar-refractivity contribution is -0.138. The number of primary amides is 5. The fourth-order valence-corrected chi connectivity index (χ4v) is 18.5. The molecule has 15 atom stereocenters. The number of amides is 7. The first-order valence-corrected chi connectivity index (χ1v) is 37.7. The van der Waals surface area contributed by atoms with Crippen LogP contribution >= 0.6 is 7.82 Å². The summed E-state index contributed by atoms with van der Waals surface area (Å²) >= 11 is 0. The number of fused-ring (bicyclic) bond motifs is 7. The topological polar surface area (TPSA) is 499 Å². The number of carbonyl (C=O) groups excluding carboxylic acids is 7. The predicted octanol–water partition coefficient (Wildman–Crippen LogP) is 4.56. The van der Waals surface area contributed by atoms with Crippen molar-refractivity contribution in [1.82, 2.24) is 35.4 Å². The van der Waals surface area contributed by atoms with Crippen LogP contribution in [0.5, 0.6) is 0 Å². The molecule has 0 saturated carbocycles. The van der Waals surface area contributed by atoms with E-state index in [0.29, 0.717) is 88.0 Å². The number of phosphoric acid groups is 1. The van der Waals surface area contributed by atoms with Gasteiger partial charge in [0.15, 0.2) is 6.23 Å². The van der Waals surface area contributed by atoms with Gasteiger partial charge in [-0.05, 0) is 139 Å². The van der Waals surface area contributed by atoms with Gasteiger partial charge in [0.1, 0.15) is 18.3 Å². The number of aromatic nitrogens is 3. The van der Waals surface area contributed by atoms with Crippen molar-refractivity contribution in [3.8, 4) is 0 Å². The molecule has 2 aromatic heterocycles. The van der Waals surface area contributed by atoms with Crippen LogP contribution in [0.25, 0.3) is 11.0 Å². The largest absolute Gasteiger partial charge is 0.480 e. The van der Waals surface area contributed by atoms with Crippen LogP contribution < -0.4 is 44.6 Å². The SMILES string of the molecule is C/C1=C2N=C(/C=C3\N/C(=C(/C)C4=N[C@@](C)([C@@H]5N=C1[C@](C)(CCC(=O)NC[C@@H](C)OP(=O)(O)O[C@@H]1[C@H](CO)OC(n6cnc7cc(C)c(C)cc76)[C@@H]1O)[C@H]5CC(N)=O)[C@@](C)(CC(N)=O)[C@@H]4CCC(=O)NCCCCN(CC(=O)O)Cc1ccccn1)[C@@](C)(CC(N)=O)[C@@H]3CCC(N)=O)C(C)(C)[C@@H]/2CCC(N)=O. The van der Waals surface area contributed by atoms with E-state index in [2.05, 4.69) is 25.9 Å². The number of carboxylic acid groups (broad SMARTS) is 1. The number of rotatable bonds is 35. The number of aliphatic imine (C=N–C) groups is 3. The minimum Gasteiger partial charge on any atom is -0.480 e. The van der Waals surface area contributed by atoms with Crippen LogP contribution in [0.15, 0.2) is 92.1 Å². The van der Waals surface area contributed by atoms with Crippen LogP contribution in [0.2, 0.25) is 0 Å². The fourth-order valence-electron chi connectivity index (χ4n) is 17.3. The molecular formula is C74H106N15O16P. The number of aliphatic carboxylic acids is 1. The number of aryl methyl sites for hydroxylation is 2. The van der Waals surface area contributed by atoms with Crippen molar-refractivity contribution < 1.29 is 76.9 Å². The van der Waals surface area contributed by atoms with Gasteiger partial charge in [0.2, 0.25) is 41.4 Å². The number of benzene rings is 1. The summed E-state index contributed by atoms with van der Waals surface area (Å²) in [5.74, 6) is -8.15. The first kappa shape index (κ1) is 81.7. The average Bonchev–Trinajstić information content (AvgIpc) is 1.53. The van der Waals surface area contributed by atoms with Gasteiger partial charge in [0.25, 0.3) is 0 Å². The normalized spacial score (nSPS) is 30.8. The molecule has 106 heavy (non-hydrogen) atoms. The Labute approximate surface area is 617 Å². The quantitative estimate of drug-likeness (QED) is 0.0284. The third-order valence-corrected chi connectivity index (χ3v) is 24.4. The number of carboxylic acids is 1. The first-order valence-electron chi connectivity index (χ1n) is 36.2. The Bertz CT molecular complexity index is 4170. The number of ether oxygens (including phenoxy) is 1. The van der Waals surface area contributed by atoms with Gasteiger partial charge in [0, 0.05) is 150 Å². The van der Waals surface area contributed by atoms with Crippen LogP contribution in [0.4, 0.5) is 0 Å². The van der Waals surface area contributed by atoms with Gasteiger partial charge in [-0.1, -0.05) is 40.7 Å². The van der Waals surface area contributed by atoms with Crippen molar-refractivity contribution >= 4 is 83.3 Å². The number of nitrogens with zero attached hydrogens (tertiary/aromatic N) is 7. The number of pyridine rings is 1. The molecule has 6 aliphatic heterocycles. The second-order valence-electron chi connectivity index (χ2n) is 31.1. The Kier molecular flexibility index (Phi) is 25.1. The monoisotopic (exact) mass is 1490 g/mol. The lowest BCUT2D eigenvalue weighted by Gasteiger charge is -2.48. The van der Waals surface area contributed by atoms with Crippen LogP contribution in [-0.2, 0) is 63.3 Å². The average molecular weight is 1490 g/mol. The number of unbranched alkanes of at least 4 members (excludes halogenated alkanes) is 1. The van der Waals surface area contributed by atoms with Gasteiger partial charge in [-0.2, -0.15) is 0 Å². The van der Waals surface area contributed by atoms with E-state index in [0.717, 1.165) is 11.1 Å². The lowest BCUT2D eigenvalue weighted by atomic mass is 9.55. The number of hydrogen-bond donors (Lipinski definition) is 12. The molecule has 7 amide bonds. The molecule has 0 radical (unpaired) electrons. The van der Waals surface area contributed by atoms with Gasteiger partial charge in [-0.15, -0.1) is 0 Å². The minimum absolute atomic E-state index is 0.0389. The molecule has 8 heterocycles. The number of phosphoric ester groups is 1. The summed E-state index contributed by atoms with van der Waals surface area (Å²) in [6, 6.07) is 8.06. The second kappa shape index (κ2) is 32.6. The Hall–Kier alpha value is -8.42. The zero-order chi connectivity index (χ0) is 77.9. The third-order valence-electron chi connectivity index (χ3n) is 23.3. The second-order valence-corrected chi connectivity index (χ2v) is 32.5. The zero-order valence-electron chi connectivity index (χ0n) is 62.5. The fraction of sp³-hybridized carbons (Fsp3) is 0.608. The number of hydrogen-bond acceptors (Lipinski definition) is 21. The summed E-state index contributed by atoms with van der Waals surface area (Å²) in [5, 5.41) is 41.2. The van der Waals surface area contributed by atoms with Crippen molar-refractivity contribution in [3.63, 3.8) is 0 Å². The number of nitrogens with one attached hydrogen (secondary N) is 3. The lowest BCUT2D eigenvalue weighted by Crippen LogP contribution is -2.56. The number of aliphatic hydroxyl groups excluding tert-OH is 2. The third kappa shape index (κ3) is 17.3. The molecule has 2 saturated heterocycles. The maximum absolute atomic E-state index is 14.6. The number of carbonyl (C=O) groups is 8. The molecule has 32 heteroatoms. The van der Waals surface area contributed by atoms with E-state index in [1.807, 2.05) is 99.6 Å². The zero-order valence-corrected chi connectivity index (χ0v) is 63.4. The number of allylic oxidation sites excluding steroid dienone is 6. The van der Waals surface area contributed by atoms with E-state index < -0.39 is 143 Å². The molecule has 578 valence electrons. The van der Waals surface area contributed by atoms with Crippen LogP contribution in [0.1, 0.15) is 169 Å². The van der Waals surface area contributed by atoms with E-state index in [1.165, 1.54) is 13.3 Å². The van der Waals surface area contributed by atoms with Crippen LogP contribution in [0.3, 0.4) is 0 Å². The van der Waals surface area contributed by atoms with Crippen LogP contribution in [0, 0.1) is 59.2 Å². The Morgan fingerprint density at radius 1 is 0.802 bits per heavy atom. The van der Waals surface area contributed by atoms with Crippen molar-refractivity contribution in [1.29, 1.82) is 0 Å². The van der Waals surface area contributed by atoms with E-state index in [4.69, 9.17) is 57.4 Å². The highest BCUT2D eigenvalue weighted by Crippen LogP contribution is 2.63. The Morgan fingerprint density at radius 2 is 1.46 bits per heavy atom. The molecule has 31 nitrogen and oxygen atoms in total. The highest BCUT2D eigenvalue weighted by atomic mass is 31.2. The smallest absolute Gasteiger partial charge is 0.472 e. The highest BCUT2D eigenvalue weighted by Gasteiger charge is 2.66. The highest BCUT2D eigenvalue weighted by molar-refractivity contribution is 7.47. The van der Waals surface area contributed by atoms with E-state index in [1.54, 1.807) is 21.7 Å². The summed E-state index contributed by atoms with van der Waals surface area (Å²) in [6.45, 7) is 20.0. The molecule has 17 N–H and O–H groups in total. The van der Waals surface area contributed by atoms with E-state index in [9.17, 15) is 63.1 Å². The molecule has 0 spiro atoms. The molecular weight excluding hydrogens is 1390 g/mol. The molecule has 3 aromatic rings. The van der Waals surface area contributed by atoms with Gasteiger partial charge in [-0.25, -0.2) is 9.55 Å². The van der Waals surface area contributed by atoms with Crippen molar-refractivity contribution in [2.75, 3.05) is 32.8 Å². The Morgan fingerprint density at radius 3 is 2.09 bits per heavy atom. The van der Waals surface area contributed by atoms with Crippen LogP contribution in [-0.4, -0.2) is 173 Å². The molecule has 2 unspecified atom stereocenters. The van der Waals surface area contributed by atoms with E-state index >= 15 is 0 Å². The van der Waals surface area contributed by atoms with Crippen molar-refractivity contribution in [3.05, 3.63) is 94.0 Å². The molecule has 1 aromatic carbocycles. The molecule has 9 rings (SSSR count). The number of nitrogens with two attached hydrogens (primary N) is 5. The number of imidazole rings is 1. The van der Waals surface area contributed by atoms with Crippen molar-refractivity contribution in [2.24, 2.45) is 89.0 Å². The minimum atomic E-state index is -5.10. The summed E-state index contributed by atoms with van der Waals surface area (Å²) in [7, 11) is -5.10. The van der Waals surface area contributed by atoms with Gasteiger partial charge >= 0.3 is 13.8 Å². The standard InChI is InChI=1S/C74H106N15O16P/c1-39-28-50-51(29-40(39)2)89(38-83-50)69-64(100)65(52(37-90)103-69)105-106(101,102)104-41(3)34-82-60(97)23-24-71(8)48(30-56(77)93)68-74(11)73(10,33-58(79)95)47(19-22-59(96)81-26-14-15-27-88(36-61(98)99)35-44-16-12-13-25-80-44)63(87-74)43(5)67-72(9,32-57(78)94)45(17-20-54(75)91)49(84-67)31-53-70(6,7)46(18-21-55(76)92)62(85-53)42(4)66(71)86-68/h12-13,16,25,28-29,31,38,41,45-48,52,64-65,68-69,84,90,100H,14-15,17-24,26-27,30,32-37H2,1-11H3,(H2,75,91)(H2,76,92)(H2,77,93)(H2,78,94)(H2,79,95)(H,81,96)(H,82,97)(H,98,99)(H,101,102)/b49-31-,62-42-,67-43-/t41-,45-,46-,47-,48+,52+,64-,65-,68-,69?,71-,72+,73+,74+/m1/s1. The maximum Gasteiger partial charge on any atom is 0.472 e. The maximum atomic E-state index is 14.6. The summed E-state index contributed by atoms with van der Waals surface area (Å²) < 4.78 is 32.5. The molecule has 2 fully saturated rings. The molecule has 8 bridgehead atoms. The number of aliphatic hydroxyl groups is 2. The Balaban J connectivity index is 1.08. The van der Waals surface area contributed by atoms with E-state index in [-0.39, 0.29) is 96.2 Å². The van der Waals surface area contributed by atoms with Gasteiger partial charge in [-0.3, -0.25) is 72.3 Å². The van der Waals surface area contributed by atoms with Gasteiger partial charge in [0.05, 0.1) is 53.9 Å². The summed E-state index contributed by atoms with van der Waals surface area (Å²) in [4.78, 5) is 147. The molecule has 6 aliphatic rings. The first-order chi connectivity index (χ1) is 49.7. The summed E-state index contributed by atoms with van der Waals surface area (Å²) in [5.41, 5.74) is 32.2. The van der Waals surface area contributed by atoms with Crippen molar-refractivity contribution in [2.45, 2.75) is 208 Å². The summed E-state index contributed by atoms with van der Waals surface area (Å²) in [6.07, 6.45) is -1.89. The van der Waals surface area contributed by atoms with Gasteiger partial charge < -0.3 is 74.1 Å².